The van der Waals surface area contributed by atoms with Gasteiger partial charge in [-0.2, -0.15) is 0 Å². The summed E-state index contributed by atoms with van der Waals surface area (Å²) in [6, 6.07) is 7.39. The molecule has 0 bridgehead atoms. The maximum Gasteiger partial charge on any atom is 0.319 e. The molecule has 0 fully saturated rings. The molecule has 0 atom stereocenters. The number of anilines is 1. The van der Waals surface area contributed by atoms with Crippen LogP contribution in [0, 0.1) is 0 Å². The van der Waals surface area contributed by atoms with E-state index in [0.29, 0.717) is 33.0 Å². The van der Waals surface area contributed by atoms with Crippen molar-refractivity contribution in [2.24, 2.45) is 0 Å². The van der Waals surface area contributed by atoms with Crippen molar-refractivity contribution >= 4 is 11.7 Å². The minimum Gasteiger partial charge on any atom is -0.385 e. The van der Waals surface area contributed by atoms with Crippen LogP contribution < -0.4 is 10.6 Å². The first-order chi connectivity index (χ1) is 11.1. The predicted molar refractivity (Wildman–Crippen MR) is 90.7 cm³/mol. The van der Waals surface area contributed by atoms with E-state index in [9.17, 15) is 4.79 Å². The van der Waals surface area contributed by atoms with Crippen molar-refractivity contribution in [1.29, 1.82) is 0 Å². The molecule has 0 saturated carbocycles. The zero-order valence-electron chi connectivity index (χ0n) is 14.3. The fraction of sp³-hybridized carbons (Fsp3) is 0.588. The van der Waals surface area contributed by atoms with Gasteiger partial charge in [-0.1, -0.05) is 12.1 Å². The van der Waals surface area contributed by atoms with Crippen LogP contribution in [0.25, 0.3) is 0 Å². The number of benzene rings is 1. The molecule has 0 radical (unpaired) electrons. The quantitative estimate of drug-likeness (QED) is 0.614. The summed E-state index contributed by atoms with van der Waals surface area (Å²) in [5.41, 5.74) is 1.75. The molecule has 6 heteroatoms. The van der Waals surface area contributed by atoms with E-state index in [1.807, 2.05) is 38.1 Å². The van der Waals surface area contributed by atoms with Gasteiger partial charge in [0.2, 0.25) is 0 Å². The molecule has 6 nitrogen and oxygen atoms in total. The number of hydrogen-bond donors (Lipinski definition) is 2. The molecule has 0 heterocycles. The molecule has 2 N–H and O–H groups in total. The summed E-state index contributed by atoms with van der Waals surface area (Å²) >= 11 is 0. The van der Waals surface area contributed by atoms with Gasteiger partial charge in [-0.25, -0.2) is 4.79 Å². The van der Waals surface area contributed by atoms with E-state index >= 15 is 0 Å². The molecule has 0 aliphatic carbocycles. The first kappa shape index (κ1) is 19.4. The molecule has 0 aliphatic heterocycles. The number of carbonyl (C=O) groups is 1. The third-order valence-corrected chi connectivity index (χ3v) is 2.94. The number of carbonyl (C=O) groups excluding carboxylic acids is 1. The van der Waals surface area contributed by atoms with Crippen LogP contribution in [0.3, 0.4) is 0 Å². The summed E-state index contributed by atoms with van der Waals surface area (Å²) in [4.78, 5) is 11.7. The second kappa shape index (κ2) is 11.9. The smallest absolute Gasteiger partial charge is 0.319 e. The summed E-state index contributed by atoms with van der Waals surface area (Å²) in [6.45, 7) is 6.83. The molecule has 0 aromatic heterocycles. The maximum atomic E-state index is 11.7. The summed E-state index contributed by atoms with van der Waals surface area (Å²) in [7, 11) is 1.64. The average Bonchev–Trinajstić information content (AvgIpc) is 2.51. The Kier molecular flexibility index (Phi) is 10.0. The Bertz CT molecular complexity index is 452. The van der Waals surface area contributed by atoms with E-state index in [1.54, 1.807) is 7.11 Å². The van der Waals surface area contributed by atoms with Crippen LogP contribution in [-0.4, -0.2) is 45.6 Å². The summed E-state index contributed by atoms with van der Waals surface area (Å²) in [6.07, 6.45) is 1.00. The summed E-state index contributed by atoms with van der Waals surface area (Å²) < 4.78 is 15.9. The lowest BCUT2D eigenvalue weighted by molar-refractivity contribution is 0.0143. The third kappa shape index (κ3) is 9.89. The molecular formula is C17H28N2O4. The van der Waals surface area contributed by atoms with Crippen molar-refractivity contribution in [2.75, 3.05) is 38.8 Å². The number of rotatable bonds is 11. The van der Waals surface area contributed by atoms with Crippen molar-refractivity contribution < 1.29 is 19.0 Å². The van der Waals surface area contributed by atoms with Crippen LogP contribution in [0.15, 0.2) is 24.3 Å². The highest BCUT2D eigenvalue weighted by atomic mass is 16.5. The molecule has 23 heavy (non-hydrogen) atoms. The Morgan fingerprint density at radius 2 is 2.04 bits per heavy atom. The Balaban J connectivity index is 2.28. The number of methoxy groups -OCH3 is 1. The Morgan fingerprint density at radius 3 is 2.78 bits per heavy atom. The van der Waals surface area contributed by atoms with E-state index in [0.717, 1.165) is 17.7 Å². The Hall–Kier alpha value is -1.63. The zero-order chi connectivity index (χ0) is 16.9. The van der Waals surface area contributed by atoms with Gasteiger partial charge in [0, 0.05) is 25.9 Å². The highest BCUT2D eigenvalue weighted by Gasteiger charge is 2.02. The van der Waals surface area contributed by atoms with Crippen LogP contribution in [0.1, 0.15) is 25.8 Å². The molecule has 1 aromatic carbocycles. The minimum absolute atomic E-state index is 0.216. The number of urea groups is 1. The SMILES string of the molecule is COCCCNC(=O)Nc1cccc(COCCOC(C)C)c1. The average molecular weight is 324 g/mol. The van der Waals surface area contributed by atoms with Gasteiger partial charge in [0.15, 0.2) is 0 Å². The van der Waals surface area contributed by atoms with Gasteiger partial charge in [0.25, 0.3) is 0 Å². The second-order valence-electron chi connectivity index (χ2n) is 5.40. The molecule has 1 aromatic rings. The van der Waals surface area contributed by atoms with E-state index in [4.69, 9.17) is 14.2 Å². The van der Waals surface area contributed by atoms with Gasteiger partial charge in [0.05, 0.1) is 25.9 Å². The standard InChI is InChI=1S/C17H28N2O4/c1-14(2)23-11-10-22-13-15-6-4-7-16(12-15)19-17(20)18-8-5-9-21-3/h4,6-7,12,14H,5,8-11,13H2,1-3H3,(H2,18,19,20). The number of hydrogen-bond acceptors (Lipinski definition) is 4. The van der Waals surface area contributed by atoms with Crippen molar-refractivity contribution in [1.82, 2.24) is 5.32 Å². The van der Waals surface area contributed by atoms with E-state index in [2.05, 4.69) is 10.6 Å². The lowest BCUT2D eigenvalue weighted by Gasteiger charge is -2.10. The highest BCUT2D eigenvalue weighted by molar-refractivity contribution is 5.89. The molecule has 0 spiro atoms. The number of nitrogens with one attached hydrogen (secondary N) is 2. The fourth-order valence-corrected chi connectivity index (χ4v) is 1.87. The van der Waals surface area contributed by atoms with Gasteiger partial charge in [0.1, 0.15) is 0 Å². The molecule has 130 valence electrons. The van der Waals surface area contributed by atoms with E-state index in [1.165, 1.54) is 0 Å². The van der Waals surface area contributed by atoms with Crippen molar-refractivity contribution in [3.63, 3.8) is 0 Å². The topological polar surface area (TPSA) is 68.8 Å². The van der Waals surface area contributed by atoms with Crippen LogP contribution in [0.4, 0.5) is 10.5 Å². The fourth-order valence-electron chi connectivity index (χ4n) is 1.87. The Labute approximate surface area is 138 Å². The van der Waals surface area contributed by atoms with Gasteiger partial charge in [-0.3, -0.25) is 0 Å². The van der Waals surface area contributed by atoms with Crippen molar-refractivity contribution in [3.8, 4) is 0 Å². The van der Waals surface area contributed by atoms with Gasteiger partial charge in [-0.15, -0.1) is 0 Å². The van der Waals surface area contributed by atoms with Crippen LogP contribution in [-0.2, 0) is 20.8 Å². The normalized spacial score (nSPS) is 10.8. The molecule has 2 amide bonds. The van der Waals surface area contributed by atoms with Crippen LogP contribution >= 0.6 is 0 Å². The van der Waals surface area contributed by atoms with Crippen LogP contribution in [0.5, 0.6) is 0 Å². The van der Waals surface area contributed by atoms with Gasteiger partial charge in [-0.05, 0) is 38.0 Å². The van der Waals surface area contributed by atoms with Gasteiger partial charge < -0.3 is 24.8 Å². The first-order valence-electron chi connectivity index (χ1n) is 7.94. The van der Waals surface area contributed by atoms with E-state index < -0.39 is 0 Å². The molecule has 1 rings (SSSR count). The lowest BCUT2D eigenvalue weighted by Crippen LogP contribution is -2.30. The van der Waals surface area contributed by atoms with Crippen molar-refractivity contribution in [2.45, 2.75) is 33.0 Å². The minimum atomic E-state index is -0.218. The molecule has 0 aliphatic rings. The summed E-state index contributed by atoms with van der Waals surface area (Å²) in [5.74, 6) is 0. The highest BCUT2D eigenvalue weighted by Crippen LogP contribution is 2.11. The van der Waals surface area contributed by atoms with E-state index in [-0.39, 0.29) is 12.1 Å². The molecule has 0 unspecified atom stereocenters. The number of ether oxygens (including phenoxy) is 3. The lowest BCUT2D eigenvalue weighted by atomic mass is 10.2. The van der Waals surface area contributed by atoms with Crippen LogP contribution in [0.2, 0.25) is 0 Å². The Morgan fingerprint density at radius 1 is 1.22 bits per heavy atom. The summed E-state index contributed by atoms with van der Waals surface area (Å²) in [5, 5.41) is 5.58. The molecule has 0 saturated heterocycles. The first-order valence-corrected chi connectivity index (χ1v) is 7.94. The molecular weight excluding hydrogens is 296 g/mol. The number of amides is 2. The zero-order valence-corrected chi connectivity index (χ0v) is 14.3. The van der Waals surface area contributed by atoms with Gasteiger partial charge >= 0.3 is 6.03 Å². The third-order valence-electron chi connectivity index (χ3n) is 2.94. The predicted octanol–water partition coefficient (Wildman–Crippen LogP) is 2.79. The largest absolute Gasteiger partial charge is 0.385 e. The second-order valence-corrected chi connectivity index (χ2v) is 5.40. The maximum absolute atomic E-state index is 11.7. The van der Waals surface area contributed by atoms with Crippen molar-refractivity contribution in [3.05, 3.63) is 29.8 Å². The monoisotopic (exact) mass is 324 g/mol.